The van der Waals surface area contributed by atoms with E-state index in [9.17, 15) is 4.79 Å². The molecule has 1 amide bonds. The van der Waals surface area contributed by atoms with Crippen molar-refractivity contribution in [2.45, 2.75) is 18.8 Å². The van der Waals surface area contributed by atoms with Gasteiger partial charge in [0.05, 0.1) is 11.4 Å². The van der Waals surface area contributed by atoms with Crippen LogP contribution in [0.25, 0.3) is 0 Å². The Morgan fingerprint density at radius 1 is 1.50 bits per heavy atom. The van der Waals surface area contributed by atoms with Gasteiger partial charge in [-0.25, -0.2) is 0 Å². The van der Waals surface area contributed by atoms with Crippen molar-refractivity contribution in [2.75, 3.05) is 13.1 Å². The van der Waals surface area contributed by atoms with E-state index >= 15 is 0 Å². The van der Waals surface area contributed by atoms with Gasteiger partial charge in [-0.15, -0.1) is 5.10 Å². The van der Waals surface area contributed by atoms with Gasteiger partial charge in [0, 0.05) is 19.0 Å². The van der Waals surface area contributed by atoms with E-state index in [0.29, 0.717) is 11.8 Å². The summed E-state index contributed by atoms with van der Waals surface area (Å²) in [6.45, 7) is 1.72. The van der Waals surface area contributed by atoms with E-state index < -0.39 is 0 Å². The number of H-pyrrole nitrogens is 1. The van der Waals surface area contributed by atoms with Gasteiger partial charge in [-0.05, 0) is 18.8 Å². The molecule has 0 saturated carbocycles. The van der Waals surface area contributed by atoms with Crippen LogP contribution in [0.5, 0.6) is 0 Å². The number of carbonyl (C=O) groups excluding carboxylic acids is 1. The number of hydrogen-bond acceptors (Lipinski definition) is 3. The van der Waals surface area contributed by atoms with Crippen molar-refractivity contribution >= 4 is 6.41 Å². The zero-order valence-electron chi connectivity index (χ0n) is 7.81. The van der Waals surface area contributed by atoms with Gasteiger partial charge in [0.15, 0.2) is 0 Å². The normalized spacial score (nSPS) is 29.9. The third kappa shape index (κ3) is 0.981. The molecule has 1 aromatic heterocycles. The molecule has 0 radical (unpaired) electrons. The molecule has 1 aliphatic heterocycles. The average Bonchev–Trinajstić information content (AvgIpc) is 2.82. The molecule has 1 fully saturated rings. The largest absolute Gasteiger partial charge is 0.344 e. The molecule has 1 saturated heterocycles. The molecule has 5 heteroatoms. The molecular formula is C9H12N4O. The number of nitrogens with zero attached hydrogens (tertiary/aromatic N) is 3. The van der Waals surface area contributed by atoms with Gasteiger partial charge in [-0.3, -0.25) is 9.89 Å². The molecule has 1 aliphatic carbocycles. The lowest BCUT2D eigenvalue weighted by Gasteiger charge is -2.21. The second kappa shape index (κ2) is 2.80. The molecule has 1 aromatic rings. The molecule has 3 rings (SSSR count). The maximum Gasteiger partial charge on any atom is 0.209 e. The Labute approximate surface area is 81.5 Å². The highest BCUT2D eigenvalue weighted by Gasteiger charge is 2.38. The summed E-state index contributed by atoms with van der Waals surface area (Å²) in [5.74, 6) is 1.05. The van der Waals surface area contributed by atoms with Gasteiger partial charge in [0.25, 0.3) is 0 Å². The van der Waals surface area contributed by atoms with Gasteiger partial charge in [0.1, 0.15) is 0 Å². The first-order valence-corrected chi connectivity index (χ1v) is 4.97. The molecular weight excluding hydrogens is 180 g/mol. The number of fused-ring (bicyclic) bond motifs is 3. The van der Waals surface area contributed by atoms with Crippen molar-refractivity contribution in [3.8, 4) is 0 Å². The van der Waals surface area contributed by atoms with Gasteiger partial charge < -0.3 is 4.90 Å². The fourth-order valence-electron chi connectivity index (χ4n) is 2.67. The van der Waals surface area contributed by atoms with Crippen LogP contribution in [-0.4, -0.2) is 39.8 Å². The maximum absolute atomic E-state index is 10.7. The molecule has 5 nitrogen and oxygen atoms in total. The van der Waals surface area contributed by atoms with E-state index in [2.05, 4.69) is 15.4 Å². The van der Waals surface area contributed by atoms with Crippen LogP contribution in [0.4, 0.5) is 0 Å². The molecule has 0 aromatic carbocycles. The van der Waals surface area contributed by atoms with E-state index in [0.717, 1.165) is 43.7 Å². The smallest absolute Gasteiger partial charge is 0.209 e. The number of hydrogen-bond donors (Lipinski definition) is 1. The Morgan fingerprint density at radius 2 is 2.43 bits per heavy atom. The third-order valence-corrected chi connectivity index (χ3v) is 3.39. The van der Waals surface area contributed by atoms with Crippen molar-refractivity contribution in [3.63, 3.8) is 0 Å². The van der Waals surface area contributed by atoms with E-state index in [1.54, 1.807) is 0 Å². The topological polar surface area (TPSA) is 61.9 Å². The predicted octanol–water partition coefficient (Wildman–Crippen LogP) is -0.0773. The van der Waals surface area contributed by atoms with Crippen molar-refractivity contribution in [1.29, 1.82) is 0 Å². The number of aromatic amines is 1. The summed E-state index contributed by atoms with van der Waals surface area (Å²) in [5.41, 5.74) is 2.25. The highest BCUT2D eigenvalue weighted by atomic mass is 16.1. The first-order chi connectivity index (χ1) is 6.88. The van der Waals surface area contributed by atoms with Crippen molar-refractivity contribution in [1.82, 2.24) is 20.3 Å². The zero-order valence-corrected chi connectivity index (χ0v) is 7.81. The molecule has 2 atom stereocenters. The van der Waals surface area contributed by atoms with E-state index in [4.69, 9.17) is 0 Å². The summed E-state index contributed by atoms with van der Waals surface area (Å²) < 4.78 is 0. The number of amides is 1. The summed E-state index contributed by atoms with van der Waals surface area (Å²) in [6, 6.07) is 0. The molecule has 2 heterocycles. The number of aromatic nitrogens is 3. The second-order valence-electron chi connectivity index (χ2n) is 4.14. The summed E-state index contributed by atoms with van der Waals surface area (Å²) >= 11 is 0. The maximum atomic E-state index is 10.7. The summed E-state index contributed by atoms with van der Waals surface area (Å²) in [7, 11) is 0. The van der Waals surface area contributed by atoms with Gasteiger partial charge in [-0.1, -0.05) is 5.21 Å². The highest BCUT2D eigenvalue weighted by molar-refractivity contribution is 5.48. The van der Waals surface area contributed by atoms with E-state index in [-0.39, 0.29) is 0 Å². The minimum absolute atomic E-state index is 0.443. The fraction of sp³-hybridized carbons (Fsp3) is 0.667. The summed E-state index contributed by atoms with van der Waals surface area (Å²) in [6.07, 6.45) is 3.08. The summed E-state index contributed by atoms with van der Waals surface area (Å²) in [5, 5.41) is 10.9. The SMILES string of the molecule is O=CN1C[C@@H]2CCc3nn[nH]c3[C@@H]2C1. The molecule has 0 spiro atoms. The standard InChI is InChI=1S/C9H12N4O/c14-5-13-3-6-1-2-8-9(7(6)4-13)11-12-10-8/h5-7H,1-4H2,(H,10,11,12)/t6-,7+/m0/s1. The van der Waals surface area contributed by atoms with Crippen molar-refractivity contribution in [2.24, 2.45) is 5.92 Å². The number of nitrogens with one attached hydrogen (secondary N) is 1. The molecule has 74 valence electrons. The molecule has 1 N–H and O–H groups in total. The van der Waals surface area contributed by atoms with E-state index in [1.165, 1.54) is 0 Å². The quantitative estimate of drug-likeness (QED) is 0.633. The number of aryl methyl sites for hydroxylation is 1. The van der Waals surface area contributed by atoms with Gasteiger partial charge in [0.2, 0.25) is 6.41 Å². The first-order valence-electron chi connectivity index (χ1n) is 4.97. The van der Waals surface area contributed by atoms with Crippen LogP contribution in [0.2, 0.25) is 0 Å². The minimum atomic E-state index is 0.443. The van der Waals surface area contributed by atoms with Crippen LogP contribution in [0, 0.1) is 5.92 Å². The minimum Gasteiger partial charge on any atom is -0.344 e. The van der Waals surface area contributed by atoms with Crippen LogP contribution < -0.4 is 0 Å². The third-order valence-electron chi connectivity index (χ3n) is 3.39. The zero-order chi connectivity index (χ0) is 9.54. The van der Waals surface area contributed by atoms with Crippen LogP contribution in [-0.2, 0) is 11.2 Å². The van der Waals surface area contributed by atoms with Crippen LogP contribution >= 0.6 is 0 Å². The highest BCUT2D eigenvalue weighted by Crippen LogP contribution is 2.38. The lowest BCUT2D eigenvalue weighted by molar-refractivity contribution is -0.117. The average molecular weight is 192 g/mol. The monoisotopic (exact) mass is 192 g/mol. The van der Waals surface area contributed by atoms with Gasteiger partial charge >= 0.3 is 0 Å². The van der Waals surface area contributed by atoms with Gasteiger partial charge in [-0.2, -0.15) is 0 Å². The van der Waals surface area contributed by atoms with E-state index in [1.807, 2.05) is 4.90 Å². The molecule has 14 heavy (non-hydrogen) atoms. The number of likely N-dealkylation sites (tertiary alicyclic amines) is 1. The first kappa shape index (κ1) is 7.96. The van der Waals surface area contributed by atoms with Crippen LogP contribution in [0.1, 0.15) is 23.7 Å². The number of carbonyl (C=O) groups is 1. The summed E-state index contributed by atoms with van der Waals surface area (Å²) in [4.78, 5) is 12.5. The number of rotatable bonds is 1. The van der Waals surface area contributed by atoms with Crippen LogP contribution in [0.3, 0.4) is 0 Å². The molecule has 2 aliphatic rings. The lowest BCUT2D eigenvalue weighted by Crippen LogP contribution is -2.18. The van der Waals surface area contributed by atoms with Crippen LogP contribution in [0.15, 0.2) is 0 Å². The van der Waals surface area contributed by atoms with Crippen molar-refractivity contribution in [3.05, 3.63) is 11.4 Å². The lowest BCUT2D eigenvalue weighted by atomic mass is 9.82. The Kier molecular flexibility index (Phi) is 1.59. The fourth-order valence-corrected chi connectivity index (χ4v) is 2.67. The molecule has 0 bridgehead atoms. The molecule has 0 unspecified atom stereocenters. The Balaban J connectivity index is 1.94. The Hall–Kier alpha value is -1.39. The predicted molar refractivity (Wildman–Crippen MR) is 48.6 cm³/mol. The second-order valence-corrected chi connectivity index (χ2v) is 4.14. The Morgan fingerprint density at radius 3 is 3.29 bits per heavy atom. The Bertz CT molecular complexity index is 361. The van der Waals surface area contributed by atoms with Crippen molar-refractivity contribution < 1.29 is 4.79 Å².